The lowest BCUT2D eigenvalue weighted by Crippen LogP contribution is -2.20. The van der Waals surface area contributed by atoms with E-state index in [1.807, 2.05) is 0 Å². The van der Waals surface area contributed by atoms with Gasteiger partial charge in [-0.3, -0.25) is 4.79 Å². The van der Waals surface area contributed by atoms with E-state index in [1.165, 1.54) is 25.3 Å². The van der Waals surface area contributed by atoms with E-state index in [4.69, 9.17) is 18.9 Å². The molecule has 0 heterocycles. The minimum absolute atomic E-state index is 0.163. The van der Waals surface area contributed by atoms with E-state index in [9.17, 15) is 14.4 Å². The van der Waals surface area contributed by atoms with Crippen molar-refractivity contribution in [3.63, 3.8) is 0 Å². The molecular weight excluding hydrogens is 458 g/mol. The smallest absolute Gasteiger partial charge is 0.344 e. The Labute approximate surface area is 182 Å². The second-order valence-electron chi connectivity index (χ2n) is 6.32. The molecule has 0 aromatic heterocycles. The molecule has 0 spiro atoms. The summed E-state index contributed by atoms with van der Waals surface area (Å²) in [5, 5.41) is 2.70. The van der Waals surface area contributed by atoms with Gasteiger partial charge in [0.2, 0.25) is 0 Å². The lowest BCUT2D eigenvalue weighted by Gasteiger charge is -2.12. The minimum Gasteiger partial charge on any atom is -0.493 e. The van der Waals surface area contributed by atoms with E-state index >= 15 is 0 Å². The maximum atomic E-state index is 12.1. The van der Waals surface area contributed by atoms with Gasteiger partial charge in [0.15, 0.2) is 24.7 Å². The van der Waals surface area contributed by atoms with Crippen LogP contribution in [0.15, 0.2) is 46.9 Å². The van der Waals surface area contributed by atoms with Crippen LogP contribution in [0.2, 0.25) is 0 Å². The Hall–Kier alpha value is -3.07. The third-order valence-corrected chi connectivity index (χ3v) is 4.10. The number of esters is 2. The summed E-state index contributed by atoms with van der Waals surface area (Å²) in [6, 6.07) is 11.4. The number of carbonyl (C=O) groups is 3. The van der Waals surface area contributed by atoms with Crippen LogP contribution >= 0.6 is 15.9 Å². The molecule has 2 aromatic carbocycles. The highest BCUT2D eigenvalue weighted by Gasteiger charge is 2.16. The van der Waals surface area contributed by atoms with Gasteiger partial charge < -0.3 is 24.3 Å². The second-order valence-corrected chi connectivity index (χ2v) is 7.24. The van der Waals surface area contributed by atoms with Crippen molar-refractivity contribution in [3.05, 3.63) is 52.5 Å². The van der Waals surface area contributed by atoms with E-state index in [1.54, 1.807) is 38.1 Å². The molecule has 30 heavy (non-hydrogen) atoms. The number of rotatable bonds is 9. The molecule has 0 atom stereocenters. The second kappa shape index (κ2) is 11.2. The van der Waals surface area contributed by atoms with Gasteiger partial charge in [0, 0.05) is 10.2 Å². The molecule has 0 unspecified atom stereocenters. The molecule has 9 heteroatoms. The third-order valence-electron chi connectivity index (χ3n) is 3.57. The van der Waals surface area contributed by atoms with Crippen molar-refractivity contribution in [3.8, 4) is 11.5 Å². The zero-order valence-electron chi connectivity index (χ0n) is 16.8. The Morgan fingerprint density at radius 2 is 1.70 bits per heavy atom. The highest BCUT2D eigenvalue weighted by molar-refractivity contribution is 9.10. The maximum Gasteiger partial charge on any atom is 0.344 e. The van der Waals surface area contributed by atoms with Crippen molar-refractivity contribution < 1.29 is 33.3 Å². The molecule has 0 aliphatic heterocycles. The third kappa shape index (κ3) is 7.40. The van der Waals surface area contributed by atoms with Crippen molar-refractivity contribution in [1.29, 1.82) is 0 Å². The summed E-state index contributed by atoms with van der Waals surface area (Å²) in [6.07, 6.45) is -0.298. The molecule has 1 N–H and O–H groups in total. The number of benzene rings is 2. The molecular formula is C21H22BrNO7. The highest BCUT2D eigenvalue weighted by atomic mass is 79.9. The SMILES string of the molecule is COc1cc(C(=O)OCC(=O)OC(C)C)ccc1OCC(=O)Nc1ccc(Br)cc1. The minimum atomic E-state index is -0.714. The zero-order valence-corrected chi connectivity index (χ0v) is 18.4. The summed E-state index contributed by atoms with van der Waals surface area (Å²) in [4.78, 5) is 35.7. The van der Waals surface area contributed by atoms with Gasteiger partial charge in [-0.2, -0.15) is 0 Å². The van der Waals surface area contributed by atoms with Gasteiger partial charge in [0.1, 0.15) is 0 Å². The van der Waals surface area contributed by atoms with Crippen LogP contribution in [0, 0.1) is 0 Å². The van der Waals surface area contributed by atoms with Gasteiger partial charge in [-0.05, 0) is 56.3 Å². The first-order chi connectivity index (χ1) is 14.3. The molecule has 0 aliphatic rings. The Morgan fingerprint density at radius 1 is 1.00 bits per heavy atom. The number of ether oxygens (including phenoxy) is 4. The molecule has 2 rings (SSSR count). The number of hydrogen-bond acceptors (Lipinski definition) is 7. The molecule has 2 aromatic rings. The molecule has 0 saturated heterocycles. The quantitative estimate of drug-likeness (QED) is 0.548. The summed E-state index contributed by atoms with van der Waals surface area (Å²) in [5.74, 6) is -1.19. The van der Waals surface area contributed by atoms with Crippen LogP contribution in [0.25, 0.3) is 0 Å². The van der Waals surface area contributed by atoms with Crippen LogP contribution in [0.1, 0.15) is 24.2 Å². The largest absolute Gasteiger partial charge is 0.493 e. The topological polar surface area (TPSA) is 100 Å². The number of halogens is 1. The first kappa shape index (κ1) is 23.2. The number of nitrogens with one attached hydrogen (secondary N) is 1. The Bertz CT molecular complexity index is 897. The van der Waals surface area contributed by atoms with Crippen molar-refractivity contribution in [2.45, 2.75) is 20.0 Å². The van der Waals surface area contributed by atoms with Crippen LogP contribution in [-0.4, -0.2) is 44.3 Å². The summed E-state index contributed by atoms with van der Waals surface area (Å²) in [6.45, 7) is 2.65. The molecule has 0 bridgehead atoms. The van der Waals surface area contributed by atoms with Crippen molar-refractivity contribution in [1.82, 2.24) is 0 Å². The number of carbonyl (C=O) groups excluding carboxylic acids is 3. The Kier molecular flexibility index (Phi) is 8.67. The van der Waals surface area contributed by atoms with Gasteiger partial charge in [-0.1, -0.05) is 15.9 Å². The number of amides is 1. The van der Waals surface area contributed by atoms with Gasteiger partial charge in [0.05, 0.1) is 18.8 Å². The van der Waals surface area contributed by atoms with E-state index in [2.05, 4.69) is 21.2 Å². The van der Waals surface area contributed by atoms with Gasteiger partial charge >= 0.3 is 11.9 Å². The fourth-order valence-corrected chi connectivity index (χ4v) is 2.56. The van der Waals surface area contributed by atoms with Crippen LogP contribution in [0.5, 0.6) is 11.5 Å². The molecule has 0 fully saturated rings. The average molecular weight is 480 g/mol. The van der Waals surface area contributed by atoms with Crippen molar-refractivity contribution in [2.24, 2.45) is 0 Å². The van der Waals surface area contributed by atoms with Crippen LogP contribution in [0.4, 0.5) is 5.69 Å². The van der Waals surface area contributed by atoms with Gasteiger partial charge in [0.25, 0.3) is 5.91 Å². The number of anilines is 1. The summed E-state index contributed by atoms with van der Waals surface area (Å²) in [7, 11) is 1.40. The lowest BCUT2D eigenvalue weighted by molar-refractivity contribution is -0.151. The molecule has 1 amide bonds. The fourth-order valence-electron chi connectivity index (χ4n) is 2.29. The monoisotopic (exact) mass is 479 g/mol. The maximum absolute atomic E-state index is 12.1. The zero-order chi connectivity index (χ0) is 22.1. The summed E-state index contributed by atoms with van der Waals surface area (Å²) < 4.78 is 21.4. The van der Waals surface area contributed by atoms with Crippen molar-refractivity contribution in [2.75, 3.05) is 25.6 Å². The molecule has 0 aliphatic carbocycles. The first-order valence-electron chi connectivity index (χ1n) is 9.01. The highest BCUT2D eigenvalue weighted by Crippen LogP contribution is 2.28. The van der Waals surface area contributed by atoms with Crippen LogP contribution in [0.3, 0.4) is 0 Å². The molecule has 160 valence electrons. The van der Waals surface area contributed by atoms with E-state index in [0.29, 0.717) is 5.69 Å². The molecule has 8 nitrogen and oxygen atoms in total. The number of methoxy groups -OCH3 is 1. The normalized spacial score (nSPS) is 10.3. The van der Waals surface area contributed by atoms with Crippen LogP contribution in [-0.2, 0) is 19.1 Å². The standard InChI is InChI=1S/C21H22BrNO7/c1-13(2)30-20(25)12-29-21(26)14-4-9-17(18(10-14)27-3)28-11-19(24)23-16-7-5-15(22)6-8-16/h4-10,13H,11-12H2,1-3H3,(H,23,24). The summed E-state index contributed by atoms with van der Waals surface area (Å²) in [5.41, 5.74) is 0.795. The van der Waals surface area contributed by atoms with E-state index in [-0.39, 0.29) is 35.7 Å². The van der Waals surface area contributed by atoms with Crippen molar-refractivity contribution >= 4 is 39.5 Å². The fraction of sp³-hybridized carbons (Fsp3) is 0.286. The van der Waals surface area contributed by atoms with E-state index in [0.717, 1.165) is 4.47 Å². The molecule has 0 saturated carbocycles. The Balaban J connectivity index is 1.93. The number of hydrogen-bond donors (Lipinski definition) is 1. The van der Waals surface area contributed by atoms with Gasteiger partial charge in [-0.25, -0.2) is 9.59 Å². The lowest BCUT2D eigenvalue weighted by atomic mass is 10.2. The van der Waals surface area contributed by atoms with Crippen LogP contribution < -0.4 is 14.8 Å². The predicted molar refractivity (Wildman–Crippen MR) is 113 cm³/mol. The summed E-state index contributed by atoms with van der Waals surface area (Å²) >= 11 is 3.32. The van der Waals surface area contributed by atoms with Gasteiger partial charge in [-0.15, -0.1) is 0 Å². The molecule has 0 radical (unpaired) electrons. The first-order valence-corrected chi connectivity index (χ1v) is 9.80. The van der Waals surface area contributed by atoms with E-state index < -0.39 is 18.5 Å². The Morgan fingerprint density at radius 3 is 2.33 bits per heavy atom. The predicted octanol–water partition coefficient (Wildman–Crippen LogP) is 3.58. The average Bonchev–Trinajstić information content (AvgIpc) is 2.71.